The second-order valence-electron chi connectivity index (χ2n) is 4.84. The normalized spacial score (nSPS) is 16.6. The SMILES string of the molecule is C#CCN1C(=O)S/C(=C\C=C\c2ccc(N(C)C)cc2)C1=O. The van der Waals surface area contributed by atoms with Gasteiger partial charge in [0.15, 0.2) is 0 Å². The summed E-state index contributed by atoms with van der Waals surface area (Å²) < 4.78 is 0. The van der Waals surface area contributed by atoms with Crippen molar-refractivity contribution in [3.63, 3.8) is 0 Å². The Morgan fingerprint density at radius 2 is 1.95 bits per heavy atom. The molecule has 22 heavy (non-hydrogen) atoms. The van der Waals surface area contributed by atoms with Gasteiger partial charge >= 0.3 is 0 Å². The van der Waals surface area contributed by atoms with Crippen LogP contribution in [-0.2, 0) is 4.79 Å². The molecule has 1 heterocycles. The van der Waals surface area contributed by atoms with Gasteiger partial charge in [0.25, 0.3) is 11.1 Å². The Morgan fingerprint density at radius 1 is 1.27 bits per heavy atom. The number of hydrogen-bond acceptors (Lipinski definition) is 4. The molecule has 1 saturated heterocycles. The maximum Gasteiger partial charge on any atom is 0.294 e. The number of carbonyl (C=O) groups excluding carboxylic acids is 2. The Hall–Kier alpha value is -2.45. The van der Waals surface area contributed by atoms with Crippen molar-refractivity contribution in [2.45, 2.75) is 0 Å². The molecule has 1 aromatic rings. The number of allylic oxidation sites excluding steroid dienone is 2. The zero-order valence-electron chi connectivity index (χ0n) is 12.4. The number of benzene rings is 1. The highest BCUT2D eigenvalue weighted by Gasteiger charge is 2.33. The number of anilines is 1. The van der Waals surface area contributed by atoms with Crippen molar-refractivity contribution >= 4 is 34.7 Å². The van der Waals surface area contributed by atoms with Crippen LogP contribution >= 0.6 is 11.8 Å². The quantitative estimate of drug-likeness (QED) is 0.633. The smallest absolute Gasteiger partial charge is 0.294 e. The van der Waals surface area contributed by atoms with Crippen LogP contribution in [0.5, 0.6) is 0 Å². The molecule has 0 atom stereocenters. The summed E-state index contributed by atoms with van der Waals surface area (Å²) in [4.78, 5) is 27.0. The zero-order valence-corrected chi connectivity index (χ0v) is 13.3. The van der Waals surface area contributed by atoms with Crippen molar-refractivity contribution in [2.75, 3.05) is 25.5 Å². The van der Waals surface area contributed by atoms with E-state index in [4.69, 9.17) is 6.42 Å². The van der Waals surface area contributed by atoms with E-state index in [0.29, 0.717) is 4.91 Å². The van der Waals surface area contributed by atoms with Crippen LogP contribution < -0.4 is 4.90 Å². The summed E-state index contributed by atoms with van der Waals surface area (Å²) in [5, 5.41) is -0.321. The predicted octanol–water partition coefficient (Wildman–Crippen LogP) is 2.98. The maximum absolute atomic E-state index is 11.9. The van der Waals surface area contributed by atoms with Crippen LogP contribution in [0.2, 0.25) is 0 Å². The lowest BCUT2D eigenvalue weighted by atomic mass is 10.2. The summed E-state index contributed by atoms with van der Waals surface area (Å²) >= 11 is 0.908. The number of terminal acetylenes is 1. The number of amides is 2. The molecule has 0 aliphatic carbocycles. The molecular formula is C17H16N2O2S. The third kappa shape index (κ3) is 3.60. The van der Waals surface area contributed by atoms with Gasteiger partial charge in [0.2, 0.25) is 0 Å². The van der Waals surface area contributed by atoms with Crippen LogP contribution in [-0.4, -0.2) is 36.7 Å². The largest absolute Gasteiger partial charge is 0.378 e. The summed E-state index contributed by atoms with van der Waals surface area (Å²) in [5.41, 5.74) is 2.14. The fourth-order valence-corrected chi connectivity index (χ4v) is 2.66. The van der Waals surface area contributed by atoms with Gasteiger partial charge in [-0.05, 0) is 35.5 Å². The van der Waals surface area contributed by atoms with Crippen LogP contribution in [0.25, 0.3) is 6.08 Å². The fraction of sp³-hybridized carbons (Fsp3) is 0.176. The van der Waals surface area contributed by atoms with Gasteiger partial charge in [-0.25, -0.2) is 0 Å². The third-order valence-corrected chi connectivity index (χ3v) is 3.99. The molecule has 0 spiro atoms. The molecule has 1 aromatic carbocycles. The van der Waals surface area contributed by atoms with Crippen LogP contribution in [0.4, 0.5) is 10.5 Å². The van der Waals surface area contributed by atoms with E-state index in [9.17, 15) is 9.59 Å². The minimum Gasteiger partial charge on any atom is -0.378 e. The molecule has 0 saturated carbocycles. The second-order valence-corrected chi connectivity index (χ2v) is 5.83. The Labute approximate surface area is 134 Å². The molecule has 1 aliphatic heterocycles. The van der Waals surface area contributed by atoms with Crippen molar-refractivity contribution in [1.82, 2.24) is 4.90 Å². The minimum atomic E-state index is -0.333. The number of thioether (sulfide) groups is 1. The lowest BCUT2D eigenvalue weighted by Crippen LogP contribution is -2.28. The first-order valence-electron chi connectivity index (χ1n) is 6.66. The van der Waals surface area contributed by atoms with E-state index < -0.39 is 0 Å². The van der Waals surface area contributed by atoms with Gasteiger partial charge in [0, 0.05) is 19.8 Å². The number of hydrogen-bond donors (Lipinski definition) is 0. The predicted molar refractivity (Wildman–Crippen MR) is 91.4 cm³/mol. The standard InChI is InChI=1S/C17H16N2O2S/c1-4-12-19-16(20)15(22-17(19)21)7-5-6-13-8-10-14(11-9-13)18(2)3/h1,5-11H,12H2,2-3H3/b6-5+,15-7-. The molecule has 0 N–H and O–H groups in total. The second kappa shape index (κ2) is 7.01. The summed E-state index contributed by atoms with van der Waals surface area (Å²) in [6.07, 6.45) is 10.4. The average Bonchev–Trinajstić information content (AvgIpc) is 2.76. The zero-order chi connectivity index (χ0) is 16.1. The highest BCUT2D eigenvalue weighted by atomic mass is 32.2. The van der Waals surface area contributed by atoms with E-state index in [2.05, 4.69) is 5.92 Å². The van der Waals surface area contributed by atoms with E-state index in [-0.39, 0.29) is 17.7 Å². The Kier molecular flexibility index (Phi) is 5.08. The van der Waals surface area contributed by atoms with Crippen molar-refractivity contribution in [1.29, 1.82) is 0 Å². The van der Waals surface area contributed by atoms with Crippen LogP contribution in [0.3, 0.4) is 0 Å². The van der Waals surface area contributed by atoms with Crippen molar-refractivity contribution in [2.24, 2.45) is 0 Å². The maximum atomic E-state index is 11.9. The molecule has 2 rings (SSSR count). The number of carbonyl (C=O) groups is 2. The number of nitrogens with zero attached hydrogens (tertiary/aromatic N) is 2. The summed E-state index contributed by atoms with van der Waals surface area (Å²) in [7, 11) is 3.97. The molecule has 0 aromatic heterocycles. The Bertz CT molecular complexity index is 682. The summed E-state index contributed by atoms with van der Waals surface area (Å²) in [5.74, 6) is 1.98. The van der Waals surface area contributed by atoms with E-state index in [0.717, 1.165) is 27.9 Å². The van der Waals surface area contributed by atoms with Gasteiger partial charge in [-0.2, -0.15) is 0 Å². The molecule has 112 valence electrons. The van der Waals surface area contributed by atoms with Crippen molar-refractivity contribution in [3.8, 4) is 12.3 Å². The van der Waals surface area contributed by atoms with Gasteiger partial charge in [0.05, 0.1) is 11.4 Å². The topological polar surface area (TPSA) is 40.6 Å². The van der Waals surface area contributed by atoms with Crippen LogP contribution in [0.1, 0.15) is 5.56 Å². The Morgan fingerprint density at radius 3 is 2.55 bits per heavy atom. The van der Waals surface area contributed by atoms with Gasteiger partial charge in [-0.3, -0.25) is 14.5 Å². The molecule has 5 heteroatoms. The lowest BCUT2D eigenvalue weighted by molar-refractivity contribution is -0.122. The number of imide groups is 1. The molecule has 1 aliphatic rings. The fourth-order valence-electron chi connectivity index (χ4n) is 1.87. The van der Waals surface area contributed by atoms with Crippen molar-refractivity contribution < 1.29 is 9.59 Å². The van der Waals surface area contributed by atoms with E-state index >= 15 is 0 Å². The van der Waals surface area contributed by atoms with E-state index in [1.165, 1.54) is 0 Å². The molecular weight excluding hydrogens is 296 g/mol. The molecule has 0 radical (unpaired) electrons. The van der Waals surface area contributed by atoms with Gasteiger partial charge in [-0.15, -0.1) is 6.42 Å². The number of rotatable bonds is 4. The lowest BCUT2D eigenvalue weighted by Gasteiger charge is -2.11. The minimum absolute atomic E-state index is 0.0116. The average molecular weight is 312 g/mol. The highest BCUT2D eigenvalue weighted by molar-refractivity contribution is 8.18. The van der Waals surface area contributed by atoms with Gasteiger partial charge in [0.1, 0.15) is 0 Å². The molecule has 0 bridgehead atoms. The summed E-state index contributed by atoms with van der Waals surface area (Å²) in [6.45, 7) is 0.0116. The highest BCUT2D eigenvalue weighted by Crippen LogP contribution is 2.30. The molecule has 0 unspecified atom stereocenters. The first-order chi connectivity index (χ1) is 10.5. The first kappa shape index (κ1) is 15.9. The molecule has 1 fully saturated rings. The summed E-state index contributed by atoms with van der Waals surface area (Å²) in [6, 6.07) is 8.01. The monoisotopic (exact) mass is 312 g/mol. The van der Waals surface area contributed by atoms with Crippen LogP contribution in [0, 0.1) is 12.3 Å². The van der Waals surface area contributed by atoms with Crippen molar-refractivity contribution in [3.05, 3.63) is 46.9 Å². The Balaban J connectivity index is 2.07. The molecule has 2 amide bonds. The van der Waals surface area contributed by atoms with E-state index in [1.807, 2.05) is 49.3 Å². The molecule has 4 nitrogen and oxygen atoms in total. The third-order valence-electron chi connectivity index (χ3n) is 3.07. The first-order valence-corrected chi connectivity index (χ1v) is 7.47. The van der Waals surface area contributed by atoms with Gasteiger partial charge < -0.3 is 4.90 Å². The van der Waals surface area contributed by atoms with Crippen LogP contribution in [0.15, 0.2) is 41.3 Å². The van der Waals surface area contributed by atoms with E-state index in [1.54, 1.807) is 12.2 Å². The van der Waals surface area contributed by atoms with Gasteiger partial charge in [-0.1, -0.05) is 30.2 Å².